The van der Waals surface area contributed by atoms with Crippen molar-refractivity contribution in [3.05, 3.63) is 65.5 Å². The average molecular weight is 384 g/mol. The van der Waals surface area contributed by atoms with Crippen molar-refractivity contribution in [2.45, 2.75) is 44.5 Å². The van der Waals surface area contributed by atoms with Crippen LogP contribution < -0.4 is 4.74 Å². The Kier molecular flexibility index (Phi) is 6.25. The predicted molar refractivity (Wildman–Crippen MR) is 108 cm³/mol. The highest BCUT2D eigenvalue weighted by Gasteiger charge is 2.35. The number of halogens is 1. The summed E-state index contributed by atoms with van der Waals surface area (Å²) in [5.74, 6) is 0.514. The molecule has 0 aromatic heterocycles. The Hall–Kier alpha value is -1.95. The number of nitrogens with zero attached hydrogens (tertiary/aromatic N) is 2. The summed E-state index contributed by atoms with van der Waals surface area (Å²) in [7, 11) is 0. The van der Waals surface area contributed by atoms with Gasteiger partial charge in [-0.2, -0.15) is 0 Å². The third kappa shape index (κ3) is 4.54. The van der Waals surface area contributed by atoms with Crippen molar-refractivity contribution in [1.82, 2.24) is 9.80 Å². The summed E-state index contributed by atoms with van der Waals surface area (Å²) in [5, 5.41) is 9.46. The summed E-state index contributed by atoms with van der Waals surface area (Å²) in [5.41, 5.74) is 1.81. The monoisotopic (exact) mass is 384 g/mol. The number of aliphatic hydroxyl groups excluding tert-OH is 1. The van der Waals surface area contributed by atoms with E-state index in [2.05, 4.69) is 21.9 Å². The molecular formula is C23H29FN2O2. The Morgan fingerprint density at radius 3 is 2.68 bits per heavy atom. The fraction of sp³-hybridized carbons (Fsp3) is 0.478. The van der Waals surface area contributed by atoms with Gasteiger partial charge in [0.1, 0.15) is 18.2 Å². The van der Waals surface area contributed by atoms with Crippen LogP contribution >= 0.6 is 0 Å². The largest absolute Gasteiger partial charge is 0.489 e. The lowest BCUT2D eigenvalue weighted by atomic mass is 10.0. The van der Waals surface area contributed by atoms with Crippen LogP contribution in [-0.2, 0) is 13.2 Å². The first-order valence-electron chi connectivity index (χ1n) is 10.3. The predicted octanol–water partition coefficient (Wildman–Crippen LogP) is 3.44. The second-order valence-electron chi connectivity index (χ2n) is 7.91. The summed E-state index contributed by atoms with van der Waals surface area (Å²) in [6, 6.07) is 15.9. The van der Waals surface area contributed by atoms with Crippen LogP contribution in [0.3, 0.4) is 0 Å². The second-order valence-corrected chi connectivity index (χ2v) is 7.91. The fourth-order valence-electron chi connectivity index (χ4n) is 4.47. The van der Waals surface area contributed by atoms with E-state index in [4.69, 9.17) is 4.74 Å². The first kappa shape index (κ1) is 19.4. The molecule has 0 saturated carbocycles. The van der Waals surface area contributed by atoms with E-state index in [1.807, 2.05) is 18.2 Å². The number of aliphatic hydroxyl groups is 1. The number of hydrogen-bond acceptors (Lipinski definition) is 4. The third-order valence-corrected chi connectivity index (χ3v) is 6.03. The topological polar surface area (TPSA) is 35.9 Å². The number of hydrogen-bond donors (Lipinski definition) is 1. The molecule has 4 rings (SSSR count). The van der Waals surface area contributed by atoms with Crippen molar-refractivity contribution in [1.29, 1.82) is 0 Å². The molecule has 2 aliphatic heterocycles. The summed E-state index contributed by atoms with van der Waals surface area (Å²) < 4.78 is 19.4. The van der Waals surface area contributed by atoms with Gasteiger partial charge in [0.15, 0.2) is 0 Å². The zero-order valence-electron chi connectivity index (χ0n) is 16.3. The Morgan fingerprint density at radius 1 is 1.07 bits per heavy atom. The minimum atomic E-state index is -0.236. The van der Waals surface area contributed by atoms with Crippen molar-refractivity contribution >= 4 is 0 Å². The quantitative estimate of drug-likeness (QED) is 0.793. The molecule has 2 fully saturated rings. The molecule has 0 bridgehead atoms. The molecule has 4 nitrogen and oxygen atoms in total. The summed E-state index contributed by atoms with van der Waals surface area (Å²) in [6.07, 6.45) is 3.40. The Morgan fingerprint density at radius 2 is 1.89 bits per heavy atom. The molecule has 2 atom stereocenters. The smallest absolute Gasteiger partial charge is 0.129 e. The van der Waals surface area contributed by atoms with Gasteiger partial charge in [0.05, 0.1) is 0 Å². The molecule has 2 heterocycles. The van der Waals surface area contributed by atoms with E-state index in [0.29, 0.717) is 17.6 Å². The van der Waals surface area contributed by atoms with Crippen molar-refractivity contribution in [2.75, 3.05) is 26.2 Å². The first-order chi connectivity index (χ1) is 13.7. The van der Waals surface area contributed by atoms with Gasteiger partial charge >= 0.3 is 0 Å². The highest BCUT2D eigenvalue weighted by molar-refractivity contribution is 5.28. The zero-order chi connectivity index (χ0) is 19.3. The van der Waals surface area contributed by atoms with E-state index in [0.717, 1.165) is 31.8 Å². The molecule has 0 amide bonds. The molecule has 150 valence electrons. The first-order valence-corrected chi connectivity index (χ1v) is 10.3. The van der Waals surface area contributed by atoms with Gasteiger partial charge in [0.25, 0.3) is 0 Å². The maximum absolute atomic E-state index is 13.7. The van der Waals surface area contributed by atoms with Crippen LogP contribution in [0.2, 0.25) is 0 Å². The summed E-state index contributed by atoms with van der Waals surface area (Å²) in [6.45, 7) is 4.71. The van der Waals surface area contributed by atoms with Crippen molar-refractivity contribution in [3.63, 3.8) is 0 Å². The molecule has 2 aromatic rings. The number of piperazine rings is 1. The molecule has 1 N–H and O–H groups in total. The van der Waals surface area contributed by atoms with Crippen LogP contribution in [0.4, 0.5) is 4.39 Å². The molecule has 2 aromatic carbocycles. The lowest BCUT2D eigenvalue weighted by molar-refractivity contribution is 0.0333. The lowest BCUT2D eigenvalue weighted by Crippen LogP contribution is -2.55. The van der Waals surface area contributed by atoms with Crippen LogP contribution in [-0.4, -0.2) is 53.2 Å². The van der Waals surface area contributed by atoms with Gasteiger partial charge in [0.2, 0.25) is 0 Å². The van der Waals surface area contributed by atoms with Gasteiger partial charge in [-0.1, -0.05) is 30.3 Å². The molecule has 0 spiro atoms. The minimum absolute atomic E-state index is 0.230. The van der Waals surface area contributed by atoms with E-state index >= 15 is 0 Å². The van der Waals surface area contributed by atoms with Crippen LogP contribution in [0, 0.1) is 5.82 Å². The molecule has 1 unspecified atom stereocenters. The van der Waals surface area contributed by atoms with Crippen LogP contribution in [0.25, 0.3) is 0 Å². The maximum atomic E-state index is 13.7. The van der Waals surface area contributed by atoms with E-state index in [1.54, 1.807) is 12.1 Å². The van der Waals surface area contributed by atoms with Crippen molar-refractivity contribution in [2.24, 2.45) is 0 Å². The van der Waals surface area contributed by atoms with Crippen molar-refractivity contribution < 1.29 is 14.2 Å². The summed E-state index contributed by atoms with van der Waals surface area (Å²) >= 11 is 0. The zero-order valence-corrected chi connectivity index (χ0v) is 16.3. The summed E-state index contributed by atoms with van der Waals surface area (Å²) in [4.78, 5) is 5.12. The van der Waals surface area contributed by atoms with E-state index in [-0.39, 0.29) is 19.0 Å². The average Bonchev–Trinajstić information content (AvgIpc) is 3.16. The Balaban J connectivity index is 1.36. The van der Waals surface area contributed by atoms with E-state index in [9.17, 15) is 9.50 Å². The van der Waals surface area contributed by atoms with Gasteiger partial charge in [-0.15, -0.1) is 0 Å². The van der Waals surface area contributed by atoms with Crippen LogP contribution in [0.15, 0.2) is 48.5 Å². The van der Waals surface area contributed by atoms with Gasteiger partial charge in [-0.05, 0) is 49.6 Å². The fourth-order valence-corrected chi connectivity index (χ4v) is 4.47. The SMILES string of the molecule is OCC[C@H]1CN2CCCC2CN1Cc1ccc(OCc2ccccc2F)cc1. The van der Waals surface area contributed by atoms with E-state index in [1.165, 1.54) is 31.0 Å². The number of fused-ring (bicyclic) bond motifs is 1. The Bertz CT molecular complexity index is 767. The van der Waals surface area contributed by atoms with Gasteiger partial charge in [-0.3, -0.25) is 9.80 Å². The highest BCUT2D eigenvalue weighted by Crippen LogP contribution is 2.27. The van der Waals surface area contributed by atoms with Gasteiger partial charge in [-0.25, -0.2) is 4.39 Å². The standard InChI is InChI=1S/C23H29FN2O2/c24-23-6-2-1-4-19(23)17-28-22-9-7-18(8-10-22)14-26-16-20-5-3-12-25(20)15-21(26)11-13-27/h1-2,4,6-10,20-21,27H,3,5,11-17H2/t20?,21-/m0/s1. The molecule has 0 radical (unpaired) electrons. The number of ether oxygens (including phenoxy) is 1. The van der Waals surface area contributed by atoms with Crippen molar-refractivity contribution in [3.8, 4) is 5.75 Å². The number of benzene rings is 2. The molecule has 28 heavy (non-hydrogen) atoms. The van der Waals surface area contributed by atoms with Gasteiger partial charge in [0, 0.05) is 43.9 Å². The maximum Gasteiger partial charge on any atom is 0.129 e. The van der Waals surface area contributed by atoms with Crippen LogP contribution in [0.1, 0.15) is 30.4 Å². The number of rotatable bonds is 7. The van der Waals surface area contributed by atoms with Gasteiger partial charge < -0.3 is 9.84 Å². The molecule has 2 aliphatic rings. The normalized spacial score (nSPS) is 22.9. The highest BCUT2D eigenvalue weighted by atomic mass is 19.1. The second kappa shape index (κ2) is 9.03. The molecule has 2 saturated heterocycles. The molecule has 5 heteroatoms. The minimum Gasteiger partial charge on any atom is -0.489 e. The third-order valence-electron chi connectivity index (χ3n) is 6.03. The van der Waals surface area contributed by atoms with Crippen LogP contribution in [0.5, 0.6) is 5.75 Å². The Labute approximate surface area is 166 Å². The molecular weight excluding hydrogens is 355 g/mol. The lowest BCUT2D eigenvalue weighted by Gasteiger charge is -2.43. The molecule has 0 aliphatic carbocycles. The van der Waals surface area contributed by atoms with E-state index < -0.39 is 0 Å².